The van der Waals surface area contributed by atoms with Gasteiger partial charge in [-0.05, 0) is 49.7 Å². The van der Waals surface area contributed by atoms with Crippen molar-refractivity contribution in [2.24, 2.45) is 7.05 Å². The van der Waals surface area contributed by atoms with Crippen LogP contribution in [0.1, 0.15) is 22.5 Å². The molecule has 3 rings (SSSR count). The van der Waals surface area contributed by atoms with Gasteiger partial charge in [0.25, 0.3) is 0 Å². The lowest BCUT2D eigenvalue weighted by Crippen LogP contribution is -2.39. The van der Waals surface area contributed by atoms with Crippen LogP contribution in [-0.4, -0.2) is 26.3 Å². The van der Waals surface area contributed by atoms with Crippen LogP contribution in [-0.2, 0) is 20.0 Å². The second-order valence-electron chi connectivity index (χ2n) is 5.55. The number of benzene rings is 1. The first-order chi connectivity index (χ1) is 10.1. The van der Waals surface area contributed by atoms with Gasteiger partial charge in [-0.2, -0.15) is 5.10 Å². The molecule has 110 valence electrons. The molecule has 0 unspecified atom stereocenters. The van der Waals surface area contributed by atoms with Gasteiger partial charge in [-0.25, -0.2) is 0 Å². The van der Waals surface area contributed by atoms with E-state index in [1.54, 1.807) is 0 Å². The number of thiocarbonyl (C=S) groups is 1. The summed E-state index contributed by atoms with van der Waals surface area (Å²) in [5.41, 5.74) is 6.08. The normalized spacial score (nSPS) is 14.0. The lowest BCUT2D eigenvalue weighted by Gasteiger charge is -2.30. The Hall–Kier alpha value is -1.88. The van der Waals surface area contributed by atoms with Crippen molar-refractivity contribution in [3.63, 3.8) is 0 Å². The second kappa shape index (κ2) is 5.48. The molecule has 1 N–H and O–H groups in total. The SMILES string of the molecule is Cc1ccccc1NC(=S)N1CCc2c(C)nn(C)c2C1. The van der Waals surface area contributed by atoms with Crippen molar-refractivity contribution in [1.29, 1.82) is 0 Å². The van der Waals surface area contributed by atoms with Crippen molar-refractivity contribution in [3.05, 3.63) is 46.8 Å². The van der Waals surface area contributed by atoms with E-state index in [-0.39, 0.29) is 0 Å². The summed E-state index contributed by atoms with van der Waals surface area (Å²) in [6.07, 6.45) is 1.00. The van der Waals surface area contributed by atoms with Gasteiger partial charge in [0.1, 0.15) is 0 Å². The van der Waals surface area contributed by atoms with E-state index in [9.17, 15) is 0 Å². The first-order valence-electron chi connectivity index (χ1n) is 7.19. The van der Waals surface area contributed by atoms with Gasteiger partial charge in [0.05, 0.1) is 17.9 Å². The molecule has 21 heavy (non-hydrogen) atoms. The summed E-state index contributed by atoms with van der Waals surface area (Å²) >= 11 is 5.58. The molecule has 0 bridgehead atoms. The van der Waals surface area contributed by atoms with E-state index in [0.29, 0.717) is 0 Å². The Labute approximate surface area is 130 Å². The maximum Gasteiger partial charge on any atom is 0.173 e. The zero-order valence-electron chi connectivity index (χ0n) is 12.7. The van der Waals surface area contributed by atoms with Crippen molar-refractivity contribution < 1.29 is 0 Å². The van der Waals surface area contributed by atoms with E-state index >= 15 is 0 Å². The van der Waals surface area contributed by atoms with E-state index in [4.69, 9.17) is 12.2 Å². The highest BCUT2D eigenvalue weighted by molar-refractivity contribution is 7.80. The number of hydrogen-bond donors (Lipinski definition) is 1. The molecule has 1 aliphatic rings. The minimum Gasteiger partial charge on any atom is -0.343 e. The fourth-order valence-electron chi connectivity index (χ4n) is 2.86. The van der Waals surface area contributed by atoms with Gasteiger partial charge in [0.15, 0.2) is 5.11 Å². The molecule has 4 nitrogen and oxygen atoms in total. The third-order valence-corrected chi connectivity index (χ3v) is 4.48. The van der Waals surface area contributed by atoms with Crippen LogP contribution in [0.2, 0.25) is 0 Å². The van der Waals surface area contributed by atoms with Crippen LogP contribution < -0.4 is 5.32 Å². The highest BCUT2D eigenvalue weighted by atomic mass is 32.1. The third-order valence-electron chi connectivity index (χ3n) is 4.12. The molecule has 0 atom stereocenters. The van der Waals surface area contributed by atoms with Crippen LogP contribution in [0.25, 0.3) is 0 Å². The lowest BCUT2D eigenvalue weighted by molar-refractivity contribution is 0.384. The van der Waals surface area contributed by atoms with Crippen LogP contribution >= 0.6 is 12.2 Å². The molecule has 0 amide bonds. The zero-order chi connectivity index (χ0) is 15.0. The van der Waals surface area contributed by atoms with E-state index in [1.807, 2.05) is 23.9 Å². The average molecular weight is 300 g/mol. The summed E-state index contributed by atoms with van der Waals surface area (Å²) in [6, 6.07) is 8.21. The monoisotopic (exact) mass is 300 g/mol. The fourth-order valence-corrected chi connectivity index (χ4v) is 3.13. The van der Waals surface area contributed by atoms with Gasteiger partial charge >= 0.3 is 0 Å². The molecular formula is C16H20N4S. The number of aromatic nitrogens is 2. The number of aryl methyl sites for hydroxylation is 3. The fraction of sp³-hybridized carbons (Fsp3) is 0.375. The number of fused-ring (bicyclic) bond motifs is 1. The summed E-state index contributed by atoms with van der Waals surface area (Å²) < 4.78 is 1.98. The molecule has 0 fully saturated rings. The zero-order valence-corrected chi connectivity index (χ0v) is 13.5. The molecule has 1 aromatic heterocycles. The number of anilines is 1. The van der Waals surface area contributed by atoms with Crippen LogP contribution in [0.4, 0.5) is 5.69 Å². The van der Waals surface area contributed by atoms with Crippen molar-refractivity contribution >= 4 is 23.0 Å². The van der Waals surface area contributed by atoms with E-state index in [2.05, 4.69) is 41.3 Å². The predicted octanol–water partition coefficient (Wildman–Crippen LogP) is 2.79. The minimum absolute atomic E-state index is 0.786. The van der Waals surface area contributed by atoms with Gasteiger partial charge in [0, 0.05) is 19.3 Å². The highest BCUT2D eigenvalue weighted by Crippen LogP contribution is 2.22. The molecule has 1 aromatic carbocycles. The Morgan fingerprint density at radius 1 is 1.29 bits per heavy atom. The predicted molar refractivity (Wildman–Crippen MR) is 89.5 cm³/mol. The maximum atomic E-state index is 5.58. The molecule has 0 saturated heterocycles. The molecule has 2 aromatic rings. The number of rotatable bonds is 1. The first kappa shape index (κ1) is 14.1. The second-order valence-corrected chi connectivity index (χ2v) is 5.94. The molecule has 0 spiro atoms. The summed E-state index contributed by atoms with van der Waals surface area (Å²) in [6.45, 7) is 5.93. The maximum absolute atomic E-state index is 5.58. The molecule has 0 radical (unpaired) electrons. The first-order valence-corrected chi connectivity index (χ1v) is 7.60. The minimum atomic E-state index is 0.786. The van der Waals surface area contributed by atoms with Crippen LogP contribution in [0, 0.1) is 13.8 Å². The van der Waals surface area contributed by atoms with Gasteiger partial charge in [-0.1, -0.05) is 18.2 Å². The highest BCUT2D eigenvalue weighted by Gasteiger charge is 2.23. The summed E-state index contributed by atoms with van der Waals surface area (Å²) in [7, 11) is 2.01. The van der Waals surface area contributed by atoms with E-state index in [0.717, 1.165) is 36.0 Å². The summed E-state index contributed by atoms with van der Waals surface area (Å²) in [4.78, 5) is 2.21. The number of hydrogen-bond acceptors (Lipinski definition) is 2. The number of para-hydroxylation sites is 1. The Kier molecular flexibility index (Phi) is 3.68. The quantitative estimate of drug-likeness (QED) is 0.821. The molecule has 5 heteroatoms. The van der Waals surface area contributed by atoms with Gasteiger partial charge in [-0.15, -0.1) is 0 Å². The lowest BCUT2D eigenvalue weighted by atomic mass is 10.1. The smallest absolute Gasteiger partial charge is 0.173 e. The van der Waals surface area contributed by atoms with Gasteiger partial charge < -0.3 is 10.2 Å². The van der Waals surface area contributed by atoms with Crippen LogP contribution in [0.5, 0.6) is 0 Å². The van der Waals surface area contributed by atoms with Crippen LogP contribution in [0.15, 0.2) is 24.3 Å². The standard InChI is InChI=1S/C16H20N4S/c1-11-6-4-5-7-14(11)17-16(21)20-9-8-13-12(2)18-19(3)15(13)10-20/h4-7H,8-10H2,1-3H3,(H,17,21). The topological polar surface area (TPSA) is 33.1 Å². The summed E-state index contributed by atoms with van der Waals surface area (Å²) in [5, 5.41) is 8.66. The molecule has 0 saturated carbocycles. The van der Waals surface area contributed by atoms with E-state index < -0.39 is 0 Å². The number of nitrogens with one attached hydrogen (secondary N) is 1. The van der Waals surface area contributed by atoms with Crippen molar-refractivity contribution in [1.82, 2.24) is 14.7 Å². The van der Waals surface area contributed by atoms with Crippen molar-refractivity contribution in [3.8, 4) is 0 Å². The average Bonchev–Trinajstić information content (AvgIpc) is 2.76. The van der Waals surface area contributed by atoms with Crippen molar-refractivity contribution in [2.75, 3.05) is 11.9 Å². The largest absolute Gasteiger partial charge is 0.343 e. The Morgan fingerprint density at radius 3 is 2.81 bits per heavy atom. The Morgan fingerprint density at radius 2 is 2.05 bits per heavy atom. The Balaban J connectivity index is 1.76. The molecule has 2 heterocycles. The Bertz CT molecular complexity index is 690. The van der Waals surface area contributed by atoms with Gasteiger partial charge in [-0.3, -0.25) is 4.68 Å². The molecular weight excluding hydrogens is 280 g/mol. The van der Waals surface area contributed by atoms with Crippen LogP contribution in [0.3, 0.4) is 0 Å². The molecule has 0 aliphatic carbocycles. The molecule has 1 aliphatic heterocycles. The summed E-state index contributed by atoms with van der Waals surface area (Å²) in [5.74, 6) is 0. The van der Waals surface area contributed by atoms with E-state index in [1.165, 1.54) is 16.8 Å². The van der Waals surface area contributed by atoms with Crippen molar-refractivity contribution in [2.45, 2.75) is 26.8 Å². The number of nitrogens with zero attached hydrogens (tertiary/aromatic N) is 3. The van der Waals surface area contributed by atoms with Gasteiger partial charge in [0.2, 0.25) is 0 Å². The third kappa shape index (κ3) is 2.65.